The molecule has 1 aliphatic rings. The first-order valence-electron chi connectivity index (χ1n) is 9.88. The topological polar surface area (TPSA) is 52.7 Å². The van der Waals surface area contributed by atoms with Crippen LogP contribution in [0.25, 0.3) is 0 Å². The average molecular weight is 437 g/mol. The van der Waals surface area contributed by atoms with Gasteiger partial charge in [-0.3, -0.25) is 14.5 Å². The third-order valence-corrected chi connectivity index (χ3v) is 5.37. The van der Waals surface area contributed by atoms with Crippen LogP contribution in [-0.2, 0) is 17.5 Å². The number of nitrogens with one attached hydrogen (secondary N) is 1. The minimum atomic E-state index is -4.61. The van der Waals surface area contributed by atoms with Crippen molar-refractivity contribution in [3.63, 3.8) is 0 Å². The van der Waals surface area contributed by atoms with Crippen LogP contribution in [0.1, 0.15) is 28.4 Å². The maximum Gasteiger partial charge on any atom is 0.417 e. The van der Waals surface area contributed by atoms with E-state index in [1.54, 1.807) is 19.1 Å². The van der Waals surface area contributed by atoms with Gasteiger partial charge < -0.3 is 10.2 Å². The molecule has 1 fully saturated rings. The van der Waals surface area contributed by atoms with Crippen molar-refractivity contribution < 1.29 is 27.2 Å². The second-order valence-electron chi connectivity index (χ2n) is 7.39. The number of carbonyl (C=O) groups is 2. The Balaban J connectivity index is 1.55. The van der Waals surface area contributed by atoms with Crippen LogP contribution in [0, 0.1) is 5.82 Å². The SMILES string of the molecule is CC(C(=O)NCc1ccc(F)cc1)N1CCN(C(=O)c2ccccc2C(F)(F)F)CC1. The molecule has 0 bridgehead atoms. The summed E-state index contributed by atoms with van der Waals surface area (Å²) < 4.78 is 52.6. The minimum Gasteiger partial charge on any atom is -0.351 e. The lowest BCUT2D eigenvalue weighted by Crippen LogP contribution is -2.55. The average Bonchev–Trinajstić information content (AvgIpc) is 2.77. The molecule has 1 unspecified atom stereocenters. The summed E-state index contributed by atoms with van der Waals surface area (Å²) in [5, 5.41) is 2.79. The van der Waals surface area contributed by atoms with Crippen LogP contribution in [0.3, 0.4) is 0 Å². The molecule has 2 aromatic rings. The van der Waals surface area contributed by atoms with E-state index in [0.717, 1.165) is 11.6 Å². The van der Waals surface area contributed by atoms with Gasteiger partial charge in [0.2, 0.25) is 5.91 Å². The Morgan fingerprint density at radius 2 is 1.61 bits per heavy atom. The molecular weight excluding hydrogens is 414 g/mol. The Kier molecular flexibility index (Phi) is 6.94. The summed E-state index contributed by atoms with van der Waals surface area (Å²) in [4.78, 5) is 28.4. The molecule has 2 aromatic carbocycles. The van der Waals surface area contributed by atoms with Crippen molar-refractivity contribution in [1.82, 2.24) is 15.1 Å². The van der Waals surface area contributed by atoms with Crippen LogP contribution in [0.5, 0.6) is 0 Å². The van der Waals surface area contributed by atoms with Crippen LogP contribution in [0.2, 0.25) is 0 Å². The van der Waals surface area contributed by atoms with Gasteiger partial charge in [0.05, 0.1) is 17.2 Å². The highest BCUT2D eigenvalue weighted by Gasteiger charge is 2.36. The predicted octanol–water partition coefficient (Wildman–Crippen LogP) is 3.31. The van der Waals surface area contributed by atoms with Crippen LogP contribution in [-0.4, -0.2) is 53.8 Å². The molecule has 0 saturated carbocycles. The van der Waals surface area contributed by atoms with E-state index < -0.39 is 23.7 Å². The van der Waals surface area contributed by atoms with Crippen molar-refractivity contribution in [1.29, 1.82) is 0 Å². The molecule has 1 N–H and O–H groups in total. The predicted molar refractivity (Wildman–Crippen MR) is 107 cm³/mol. The molecule has 1 atom stereocenters. The Labute approximate surface area is 177 Å². The highest BCUT2D eigenvalue weighted by molar-refractivity contribution is 5.96. The Morgan fingerprint density at radius 1 is 1.00 bits per heavy atom. The van der Waals surface area contributed by atoms with Gasteiger partial charge in [0.15, 0.2) is 0 Å². The quantitative estimate of drug-likeness (QED) is 0.731. The molecule has 5 nitrogen and oxygen atoms in total. The van der Waals surface area contributed by atoms with E-state index in [2.05, 4.69) is 5.32 Å². The van der Waals surface area contributed by atoms with Crippen molar-refractivity contribution in [2.75, 3.05) is 26.2 Å². The second kappa shape index (κ2) is 9.47. The monoisotopic (exact) mass is 437 g/mol. The molecule has 31 heavy (non-hydrogen) atoms. The number of hydrogen-bond donors (Lipinski definition) is 1. The van der Waals surface area contributed by atoms with Gasteiger partial charge in [0.1, 0.15) is 5.82 Å². The van der Waals surface area contributed by atoms with E-state index in [1.807, 2.05) is 4.90 Å². The standard InChI is InChI=1S/C22H23F4N3O2/c1-15(20(30)27-14-16-6-8-17(23)9-7-16)28-10-12-29(13-11-28)21(31)18-4-2-3-5-19(18)22(24,25)26/h2-9,15H,10-14H2,1H3,(H,27,30). The van der Waals surface area contributed by atoms with Gasteiger partial charge >= 0.3 is 6.18 Å². The van der Waals surface area contributed by atoms with Crippen molar-refractivity contribution >= 4 is 11.8 Å². The molecule has 0 aliphatic carbocycles. The lowest BCUT2D eigenvalue weighted by atomic mass is 10.1. The zero-order valence-corrected chi connectivity index (χ0v) is 17.0. The zero-order chi connectivity index (χ0) is 22.6. The fourth-order valence-corrected chi connectivity index (χ4v) is 3.50. The molecule has 1 saturated heterocycles. The van der Waals surface area contributed by atoms with Gasteiger partial charge in [-0.2, -0.15) is 13.2 Å². The first kappa shape index (κ1) is 22.7. The fourth-order valence-electron chi connectivity index (χ4n) is 3.50. The van der Waals surface area contributed by atoms with Crippen LogP contribution >= 0.6 is 0 Å². The first-order chi connectivity index (χ1) is 14.7. The maximum absolute atomic E-state index is 13.2. The number of benzene rings is 2. The molecule has 3 rings (SSSR count). The zero-order valence-electron chi connectivity index (χ0n) is 17.0. The van der Waals surface area contributed by atoms with Crippen LogP contribution in [0.15, 0.2) is 48.5 Å². The highest BCUT2D eigenvalue weighted by Crippen LogP contribution is 2.32. The number of hydrogen-bond acceptors (Lipinski definition) is 3. The van der Waals surface area contributed by atoms with E-state index in [4.69, 9.17) is 0 Å². The second-order valence-corrected chi connectivity index (χ2v) is 7.39. The van der Waals surface area contributed by atoms with E-state index in [9.17, 15) is 27.2 Å². The van der Waals surface area contributed by atoms with E-state index in [1.165, 1.54) is 35.2 Å². The first-order valence-corrected chi connectivity index (χ1v) is 9.88. The van der Waals surface area contributed by atoms with Crippen LogP contribution < -0.4 is 5.32 Å². The summed E-state index contributed by atoms with van der Waals surface area (Å²) in [6.45, 7) is 3.17. The normalized spacial score (nSPS) is 16.1. The van der Waals surface area contributed by atoms with Gasteiger partial charge in [-0.25, -0.2) is 4.39 Å². The van der Waals surface area contributed by atoms with Gasteiger partial charge in [0.25, 0.3) is 5.91 Å². The number of amides is 2. The molecule has 166 valence electrons. The largest absolute Gasteiger partial charge is 0.417 e. The lowest BCUT2D eigenvalue weighted by Gasteiger charge is -2.37. The summed E-state index contributed by atoms with van der Waals surface area (Å²) >= 11 is 0. The Hall–Kier alpha value is -2.94. The third-order valence-electron chi connectivity index (χ3n) is 5.37. The van der Waals surface area contributed by atoms with Gasteiger partial charge in [-0.1, -0.05) is 24.3 Å². The summed E-state index contributed by atoms with van der Waals surface area (Å²) in [7, 11) is 0. The summed E-state index contributed by atoms with van der Waals surface area (Å²) in [5.41, 5.74) is -0.551. The third kappa shape index (κ3) is 5.61. The fraction of sp³-hybridized carbons (Fsp3) is 0.364. The highest BCUT2D eigenvalue weighted by atomic mass is 19.4. The number of rotatable bonds is 5. The molecule has 0 aromatic heterocycles. The van der Waals surface area contributed by atoms with Gasteiger partial charge in [0, 0.05) is 32.7 Å². The number of alkyl halides is 3. The van der Waals surface area contributed by atoms with Gasteiger partial charge in [-0.05, 0) is 36.8 Å². The lowest BCUT2D eigenvalue weighted by molar-refractivity contribution is -0.138. The molecule has 1 heterocycles. The van der Waals surface area contributed by atoms with Gasteiger partial charge in [-0.15, -0.1) is 0 Å². The van der Waals surface area contributed by atoms with Crippen molar-refractivity contribution in [3.8, 4) is 0 Å². The number of halogens is 4. The van der Waals surface area contributed by atoms with Crippen molar-refractivity contribution in [2.45, 2.75) is 25.7 Å². The summed E-state index contributed by atoms with van der Waals surface area (Å²) in [6.07, 6.45) is -4.61. The molecule has 9 heteroatoms. The Bertz CT molecular complexity index is 923. The summed E-state index contributed by atoms with van der Waals surface area (Å²) in [6, 6.07) is 10.1. The number of piperazine rings is 1. The molecule has 2 amide bonds. The molecular formula is C22H23F4N3O2. The maximum atomic E-state index is 13.2. The van der Waals surface area contributed by atoms with Crippen LogP contribution in [0.4, 0.5) is 17.6 Å². The smallest absolute Gasteiger partial charge is 0.351 e. The van der Waals surface area contributed by atoms with Crippen molar-refractivity contribution in [2.24, 2.45) is 0 Å². The number of nitrogens with zero attached hydrogens (tertiary/aromatic N) is 2. The van der Waals surface area contributed by atoms with E-state index in [0.29, 0.717) is 13.1 Å². The molecule has 1 aliphatic heterocycles. The van der Waals surface area contributed by atoms with Crippen molar-refractivity contribution in [3.05, 3.63) is 71.0 Å². The summed E-state index contributed by atoms with van der Waals surface area (Å²) in [5.74, 6) is -1.23. The molecule has 0 spiro atoms. The number of carbonyl (C=O) groups excluding carboxylic acids is 2. The molecule has 0 radical (unpaired) electrons. The minimum absolute atomic E-state index is 0.216. The van der Waals surface area contributed by atoms with E-state index >= 15 is 0 Å². The van der Waals surface area contributed by atoms with E-state index in [-0.39, 0.29) is 36.9 Å². The Morgan fingerprint density at radius 3 is 2.23 bits per heavy atom.